The van der Waals surface area contributed by atoms with Crippen LogP contribution in [-0.4, -0.2) is 26.6 Å². The molecule has 2 aromatic heterocycles. The summed E-state index contributed by atoms with van der Waals surface area (Å²) in [5.74, 6) is 0.891. The molecule has 1 aliphatic rings. The van der Waals surface area contributed by atoms with Crippen LogP contribution in [-0.2, 0) is 25.3 Å². The summed E-state index contributed by atoms with van der Waals surface area (Å²) < 4.78 is 2.56. The van der Waals surface area contributed by atoms with Crippen molar-refractivity contribution in [3.63, 3.8) is 0 Å². The van der Waals surface area contributed by atoms with Crippen LogP contribution in [0.2, 0.25) is 0 Å². The van der Waals surface area contributed by atoms with Gasteiger partial charge in [-0.15, -0.1) is 0 Å². The van der Waals surface area contributed by atoms with Gasteiger partial charge in [0.25, 0.3) is 5.56 Å². The zero-order valence-electron chi connectivity index (χ0n) is 18.7. The molecule has 0 aliphatic heterocycles. The highest BCUT2D eigenvalue weighted by Gasteiger charge is 2.24. The average molecular weight is 435 g/mol. The molecule has 0 radical (unpaired) electrons. The molecule has 32 heavy (non-hydrogen) atoms. The standard InChI is InChI=1S/C25H30N4O3/c1-28-23-20(24(31)29(2)25(28)32)13-14-21(27-23)19-11-8-18(9-12-19)16-26-22(30)15-10-17-6-4-3-5-7-17/h3-7,13-14,18-19H,8-12,15-16H2,1-2H3,(H,26,30). The number of pyridine rings is 1. The molecule has 7 nitrogen and oxygen atoms in total. The Morgan fingerprint density at radius 2 is 1.72 bits per heavy atom. The fourth-order valence-electron chi connectivity index (χ4n) is 4.61. The van der Waals surface area contributed by atoms with E-state index in [1.165, 1.54) is 17.2 Å². The van der Waals surface area contributed by atoms with Gasteiger partial charge in [0.05, 0.1) is 5.39 Å². The van der Waals surface area contributed by atoms with Crippen LogP contribution in [0.1, 0.15) is 49.3 Å². The highest BCUT2D eigenvalue weighted by Crippen LogP contribution is 2.35. The number of aryl methyl sites for hydroxylation is 2. The number of carbonyl (C=O) groups is 1. The van der Waals surface area contributed by atoms with Crippen molar-refractivity contribution in [2.75, 3.05) is 6.54 Å². The second-order valence-corrected chi connectivity index (χ2v) is 8.82. The van der Waals surface area contributed by atoms with Crippen molar-refractivity contribution in [1.82, 2.24) is 19.4 Å². The topological polar surface area (TPSA) is 86.0 Å². The maximum atomic E-state index is 12.4. The van der Waals surface area contributed by atoms with Crippen molar-refractivity contribution in [2.45, 2.75) is 44.4 Å². The fourth-order valence-corrected chi connectivity index (χ4v) is 4.61. The summed E-state index contributed by atoms with van der Waals surface area (Å²) in [4.78, 5) is 41.5. The van der Waals surface area contributed by atoms with Gasteiger partial charge in [-0.25, -0.2) is 9.78 Å². The lowest BCUT2D eigenvalue weighted by Crippen LogP contribution is -2.37. The number of hydrogen-bond donors (Lipinski definition) is 1. The van der Waals surface area contributed by atoms with Gasteiger partial charge in [-0.2, -0.15) is 0 Å². The van der Waals surface area contributed by atoms with Crippen molar-refractivity contribution in [2.24, 2.45) is 20.0 Å². The molecule has 0 spiro atoms. The molecule has 2 heterocycles. The number of nitrogens with zero attached hydrogens (tertiary/aromatic N) is 3. The minimum atomic E-state index is -0.362. The molecule has 1 aromatic carbocycles. The smallest absolute Gasteiger partial charge is 0.332 e. The van der Waals surface area contributed by atoms with E-state index >= 15 is 0 Å². The second-order valence-electron chi connectivity index (χ2n) is 8.82. The van der Waals surface area contributed by atoms with Crippen molar-refractivity contribution in [3.05, 3.63) is 74.6 Å². The van der Waals surface area contributed by atoms with Crippen molar-refractivity contribution >= 4 is 16.9 Å². The summed E-state index contributed by atoms with van der Waals surface area (Å²) >= 11 is 0. The number of amides is 1. The quantitative estimate of drug-likeness (QED) is 0.646. The van der Waals surface area contributed by atoms with Gasteiger partial charge >= 0.3 is 5.69 Å². The third-order valence-electron chi connectivity index (χ3n) is 6.66. The largest absolute Gasteiger partial charge is 0.356 e. The Kier molecular flexibility index (Phi) is 6.53. The third-order valence-corrected chi connectivity index (χ3v) is 6.66. The first-order chi connectivity index (χ1) is 15.4. The van der Waals surface area contributed by atoms with Crippen LogP contribution in [0.5, 0.6) is 0 Å². The van der Waals surface area contributed by atoms with Crippen LogP contribution >= 0.6 is 0 Å². The maximum Gasteiger partial charge on any atom is 0.332 e. The van der Waals surface area contributed by atoms with Crippen LogP contribution in [0.4, 0.5) is 0 Å². The average Bonchev–Trinajstić information content (AvgIpc) is 2.84. The highest BCUT2D eigenvalue weighted by molar-refractivity contribution is 5.76. The molecule has 0 unspecified atom stereocenters. The van der Waals surface area contributed by atoms with Gasteiger partial charge in [0.15, 0.2) is 0 Å². The van der Waals surface area contributed by atoms with Crippen LogP contribution in [0.15, 0.2) is 52.1 Å². The number of nitrogens with one attached hydrogen (secondary N) is 1. The molecule has 1 saturated carbocycles. The maximum absolute atomic E-state index is 12.4. The van der Waals surface area contributed by atoms with E-state index in [4.69, 9.17) is 4.98 Å². The lowest BCUT2D eigenvalue weighted by Gasteiger charge is -2.28. The van der Waals surface area contributed by atoms with E-state index in [9.17, 15) is 14.4 Å². The summed E-state index contributed by atoms with van der Waals surface area (Å²) in [7, 11) is 3.14. The number of fused-ring (bicyclic) bond motifs is 1. The van der Waals surface area contributed by atoms with Crippen LogP contribution in [0, 0.1) is 5.92 Å². The van der Waals surface area contributed by atoms with E-state index in [-0.39, 0.29) is 17.2 Å². The van der Waals surface area contributed by atoms with Crippen molar-refractivity contribution in [3.8, 4) is 0 Å². The van der Waals surface area contributed by atoms with Crippen LogP contribution in [0.3, 0.4) is 0 Å². The molecule has 1 aliphatic carbocycles. The summed E-state index contributed by atoms with van der Waals surface area (Å²) in [5, 5.41) is 3.56. The first-order valence-electron chi connectivity index (χ1n) is 11.3. The van der Waals surface area contributed by atoms with E-state index in [0.29, 0.717) is 29.3 Å². The van der Waals surface area contributed by atoms with Gasteiger partial charge < -0.3 is 5.32 Å². The zero-order chi connectivity index (χ0) is 22.7. The summed E-state index contributed by atoms with van der Waals surface area (Å²) in [6.45, 7) is 0.718. The second kappa shape index (κ2) is 9.51. The zero-order valence-corrected chi connectivity index (χ0v) is 18.7. The van der Waals surface area contributed by atoms with Gasteiger partial charge in [-0.05, 0) is 55.7 Å². The molecule has 4 rings (SSSR count). The predicted octanol–water partition coefficient (Wildman–Crippen LogP) is 2.66. The number of rotatable bonds is 6. The van der Waals surface area contributed by atoms with E-state index in [1.807, 2.05) is 36.4 Å². The molecule has 7 heteroatoms. The molecule has 1 amide bonds. The first-order valence-corrected chi connectivity index (χ1v) is 11.3. The number of benzene rings is 1. The molecular weight excluding hydrogens is 404 g/mol. The fraction of sp³-hybridized carbons (Fsp3) is 0.440. The Hall–Kier alpha value is -3.22. The molecule has 0 bridgehead atoms. The van der Waals surface area contributed by atoms with Gasteiger partial charge in [-0.3, -0.25) is 18.7 Å². The molecule has 1 fully saturated rings. The van der Waals surface area contributed by atoms with Gasteiger partial charge in [0.2, 0.25) is 5.91 Å². The lowest BCUT2D eigenvalue weighted by molar-refractivity contribution is -0.121. The van der Waals surface area contributed by atoms with Crippen molar-refractivity contribution in [1.29, 1.82) is 0 Å². The van der Waals surface area contributed by atoms with Gasteiger partial charge in [-0.1, -0.05) is 30.3 Å². The molecular formula is C25H30N4O3. The van der Waals surface area contributed by atoms with Gasteiger partial charge in [0, 0.05) is 38.7 Å². The number of hydrogen-bond acceptors (Lipinski definition) is 4. The monoisotopic (exact) mass is 434 g/mol. The lowest BCUT2D eigenvalue weighted by atomic mass is 9.80. The number of carbonyl (C=O) groups excluding carboxylic acids is 1. The normalized spacial score (nSPS) is 18.6. The minimum Gasteiger partial charge on any atom is -0.356 e. The van der Waals surface area contributed by atoms with E-state index in [1.54, 1.807) is 13.1 Å². The molecule has 0 atom stereocenters. The van der Waals surface area contributed by atoms with Gasteiger partial charge in [0.1, 0.15) is 5.65 Å². The molecule has 168 valence electrons. The van der Waals surface area contributed by atoms with Crippen molar-refractivity contribution < 1.29 is 4.79 Å². The van der Waals surface area contributed by atoms with E-state index in [0.717, 1.165) is 48.9 Å². The molecule has 0 saturated heterocycles. The highest BCUT2D eigenvalue weighted by atomic mass is 16.2. The number of aromatic nitrogens is 3. The Morgan fingerprint density at radius 1 is 1.00 bits per heavy atom. The van der Waals surface area contributed by atoms with E-state index < -0.39 is 0 Å². The SMILES string of the molecule is Cn1c(=O)c2ccc(C3CCC(CNC(=O)CCc4ccccc4)CC3)nc2n(C)c1=O. The summed E-state index contributed by atoms with van der Waals surface area (Å²) in [5.41, 5.74) is 1.89. The Bertz CT molecular complexity index is 1220. The predicted molar refractivity (Wildman–Crippen MR) is 125 cm³/mol. The van der Waals surface area contributed by atoms with E-state index in [2.05, 4.69) is 5.32 Å². The van der Waals surface area contributed by atoms with Crippen LogP contribution in [0.25, 0.3) is 11.0 Å². The summed E-state index contributed by atoms with van der Waals surface area (Å²) in [6.07, 6.45) is 5.30. The molecule has 3 aromatic rings. The first kappa shape index (κ1) is 22.0. The summed E-state index contributed by atoms with van der Waals surface area (Å²) in [6, 6.07) is 13.8. The Balaban J connectivity index is 1.32. The minimum absolute atomic E-state index is 0.106. The van der Waals surface area contributed by atoms with Crippen LogP contribution < -0.4 is 16.6 Å². The third kappa shape index (κ3) is 4.66. The Morgan fingerprint density at radius 3 is 2.44 bits per heavy atom. The Labute approximate surface area is 187 Å². The molecule has 1 N–H and O–H groups in total.